The van der Waals surface area contributed by atoms with Crippen LogP contribution in [0.4, 0.5) is 8.78 Å². The number of likely N-dealkylation sites (N-methyl/N-ethyl adjacent to an activating group) is 1. The van der Waals surface area contributed by atoms with Crippen molar-refractivity contribution in [2.45, 2.75) is 19.5 Å². The fourth-order valence-electron chi connectivity index (χ4n) is 2.46. The van der Waals surface area contributed by atoms with Gasteiger partial charge in [-0.25, -0.2) is 13.8 Å². The minimum atomic E-state index is -0.541. The van der Waals surface area contributed by atoms with Gasteiger partial charge >= 0.3 is 0 Å². The predicted molar refractivity (Wildman–Crippen MR) is 99.9 cm³/mol. The zero-order valence-electron chi connectivity index (χ0n) is 14.7. The molecule has 1 aromatic heterocycles. The van der Waals surface area contributed by atoms with E-state index in [4.69, 9.17) is 0 Å². The molecule has 0 aliphatic rings. The molecule has 25 heavy (non-hydrogen) atoms. The van der Waals surface area contributed by atoms with Gasteiger partial charge in [-0.3, -0.25) is 0 Å². The molecule has 0 aliphatic carbocycles. The number of rotatable bonds is 7. The van der Waals surface area contributed by atoms with Gasteiger partial charge in [-0.05, 0) is 55.5 Å². The minimum absolute atomic E-state index is 0.0636. The van der Waals surface area contributed by atoms with Gasteiger partial charge in [-0.1, -0.05) is 6.07 Å². The number of aliphatic imine (C=N–C) groups is 1. The molecule has 0 saturated carbocycles. The summed E-state index contributed by atoms with van der Waals surface area (Å²) in [5, 5.41) is 10.4. The molecule has 0 fully saturated rings. The molecule has 1 aromatic carbocycles. The number of nitrogens with zero attached hydrogens (tertiary/aromatic N) is 2. The second-order valence-electron chi connectivity index (χ2n) is 5.82. The average molecular weight is 366 g/mol. The number of hydrogen-bond acceptors (Lipinski definition) is 3. The van der Waals surface area contributed by atoms with Crippen LogP contribution in [0.3, 0.4) is 0 Å². The fraction of sp³-hybridized carbons (Fsp3) is 0.389. The van der Waals surface area contributed by atoms with E-state index in [2.05, 4.69) is 15.6 Å². The maximum absolute atomic E-state index is 14.1. The number of hydrogen-bond donors (Lipinski definition) is 2. The zero-order valence-corrected chi connectivity index (χ0v) is 15.5. The van der Waals surface area contributed by atoms with Crippen LogP contribution in [0.1, 0.15) is 24.1 Å². The molecule has 0 aliphatic heterocycles. The number of guanidine groups is 1. The molecule has 1 atom stereocenters. The Labute approximate surface area is 151 Å². The highest BCUT2D eigenvalue weighted by Gasteiger charge is 2.22. The van der Waals surface area contributed by atoms with E-state index in [-0.39, 0.29) is 5.56 Å². The van der Waals surface area contributed by atoms with Crippen molar-refractivity contribution in [2.75, 3.05) is 27.2 Å². The van der Waals surface area contributed by atoms with Gasteiger partial charge in [0.05, 0.1) is 12.6 Å². The van der Waals surface area contributed by atoms with E-state index in [1.54, 1.807) is 30.3 Å². The van der Waals surface area contributed by atoms with E-state index in [0.29, 0.717) is 25.6 Å². The van der Waals surface area contributed by atoms with Crippen molar-refractivity contribution in [3.63, 3.8) is 0 Å². The monoisotopic (exact) mass is 366 g/mol. The topological polar surface area (TPSA) is 39.7 Å². The van der Waals surface area contributed by atoms with E-state index in [9.17, 15) is 8.78 Å². The predicted octanol–water partition coefficient (Wildman–Crippen LogP) is 3.38. The molecule has 7 heteroatoms. The van der Waals surface area contributed by atoms with Crippen LogP contribution in [0.2, 0.25) is 0 Å². The molecule has 0 amide bonds. The summed E-state index contributed by atoms with van der Waals surface area (Å²) in [7, 11) is 3.60. The Bertz CT molecular complexity index is 666. The van der Waals surface area contributed by atoms with Crippen LogP contribution in [0, 0.1) is 11.6 Å². The number of benzene rings is 1. The summed E-state index contributed by atoms with van der Waals surface area (Å²) in [5.41, 5.74) is 1.19. The number of thiophene rings is 1. The van der Waals surface area contributed by atoms with Gasteiger partial charge in [-0.15, -0.1) is 0 Å². The minimum Gasteiger partial charge on any atom is -0.357 e. The SMILES string of the molecule is CCNC(=NCc1ccsc1)NCC(c1c(F)cccc1F)N(C)C. The lowest BCUT2D eigenvalue weighted by Crippen LogP contribution is -2.42. The first-order valence-electron chi connectivity index (χ1n) is 8.16. The van der Waals surface area contributed by atoms with Crippen molar-refractivity contribution in [3.8, 4) is 0 Å². The summed E-state index contributed by atoms with van der Waals surface area (Å²) >= 11 is 1.63. The summed E-state index contributed by atoms with van der Waals surface area (Å²) in [5.74, 6) is -0.460. The van der Waals surface area contributed by atoms with Crippen molar-refractivity contribution in [2.24, 2.45) is 4.99 Å². The summed E-state index contributed by atoms with van der Waals surface area (Å²) in [4.78, 5) is 6.31. The third-order valence-corrected chi connectivity index (χ3v) is 4.50. The van der Waals surface area contributed by atoms with Gasteiger partial charge in [0.2, 0.25) is 0 Å². The lowest BCUT2D eigenvalue weighted by atomic mass is 10.0. The number of halogens is 2. The van der Waals surface area contributed by atoms with Crippen LogP contribution in [-0.2, 0) is 6.54 Å². The van der Waals surface area contributed by atoms with E-state index in [0.717, 1.165) is 5.56 Å². The van der Waals surface area contributed by atoms with Gasteiger partial charge < -0.3 is 15.5 Å². The standard InChI is InChI=1S/C18H24F2N4S/c1-4-21-18(22-10-13-8-9-25-12-13)23-11-16(24(2)3)17-14(19)6-5-7-15(17)20/h5-9,12,16H,4,10-11H2,1-3H3,(H2,21,22,23). The molecule has 2 rings (SSSR count). The maximum Gasteiger partial charge on any atom is 0.191 e. The van der Waals surface area contributed by atoms with Crippen LogP contribution in [0.5, 0.6) is 0 Å². The van der Waals surface area contributed by atoms with E-state index in [1.165, 1.54) is 18.2 Å². The second-order valence-corrected chi connectivity index (χ2v) is 6.60. The molecule has 1 unspecified atom stereocenters. The lowest BCUT2D eigenvalue weighted by Gasteiger charge is -2.26. The summed E-state index contributed by atoms with van der Waals surface area (Å²) in [6, 6.07) is 5.51. The van der Waals surface area contributed by atoms with Crippen LogP contribution < -0.4 is 10.6 Å². The first-order valence-corrected chi connectivity index (χ1v) is 9.10. The fourth-order valence-corrected chi connectivity index (χ4v) is 3.12. The van der Waals surface area contributed by atoms with Crippen molar-refractivity contribution in [1.82, 2.24) is 15.5 Å². The maximum atomic E-state index is 14.1. The molecule has 0 spiro atoms. The normalized spacial score (nSPS) is 13.1. The van der Waals surface area contributed by atoms with Crippen LogP contribution in [-0.4, -0.2) is 38.0 Å². The third kappa shape index (κ3) is 5.51. The Morgan fingerprint density at radius 1 is 1.20 bits per heavy atom. The molecule has 2 N–H and O–H groups in total. The highest BCUT2D eigenvalue weighted by atomic mass is 32.1. The van der Waals surface area contributed by atoms with Crippen molar-refractivity contribution in [1.29, 1.82) is 0 Å². The first-order chi connectivity index (χ1) is 12.0. The first kappa shape index (κ1) is 19.3. The summed E-state index contributed by atoms with van der Waals surface area (Å²) in [6.07, 6.45) is 0. The molecule has 0 radical (unpaired) electrons. The van der Waals surface area contributed by atoms with E-state index in [1.807, 2.05) is 23.8 Å². The largest absolute Gasteiger partial charge is 0.357 e. The Hall–Kier alpha value is -1.99. The van der Waals surface area contributed by atoms with E-state index >= 15 is 0 Å². The summed E-state index contributed by atoms with van der Waals surface area (Å²) < 4.78 is 28.3. The molecule has 0 saturated heterocycles. The molecule has 0 bridgehead atoms. The average Bonchev–Trinajstić information content (AvgIpc) is 3.08. The number of nitrogens with one attached hydrogen (secondary N) is 2. The lowest BCUT2D eigenvalue weighted by molar-refractivity contribution is 0.282. The van der Waals surface area contributed by atoms with Gasteiger partial charge in [0.1, 0.15) is 11.6 Å². The Balaban J connectivity index is 2.11. The van der Waals surface area contributed by atoms with Gasteiger partial charge in [0.15, 0.2) is 5.96 Å². The van der Waals surface area contributed by atoms with Gasteiger partial charge in [0.25, 0.3) is 0 Å². The summed E-state index contributed by atoms with van der Waals surface area (Å²) in [6.45, 7) is 3.57. The Morgan fingerprint density at radius 3 is 2.48 bits per heavy atom. The van der Waals surface area contributed by atoms with Crippen molar-refractivity contribution < 1.29 is 8.78 Å². The molecule has 136 valence electrons. The highest BCUT2D eigenvalue weighted by molar-refractivity contribution is 7.07. The van der Waals surface area contributed by atoms with Crippen LogP contribution >= 0.6 is 11.3 Å². The van der Waals surface area contributed by atoms with Crippen molar-refractivity contribution >= 4 is 17.3 Å². The second kappa shape index (κ2) is 9.48. The molecule has 2 aromatic rings. The quantitative estimate of drug-likeness (QED) is 0.583. The smallest absolute Gasteiger partial charge is 0.191 e. The highest BCUT2D eigenvalue weighted by Crippen LogP contribution is 2.23. The molecular formula is C18H24F2N4S. The van der Waals surface area contributed by atoms with Gasteiger partial charge in [0, 0.05) is 18.7 Å². The van der Waals surface area contributed by atoms with Crippen LogP contribution in [0.25, 0.3) is 0 Å². The van der Waals surface area contributed by atoms with E-state index < -0.39 is 17.7 Å². The molecule has 4 nitrogen and oxygen atoms in total. The van der Waals surface area contributed by atoms with Gasteiger partial charge in [-0.2, -0.15) is 11.3 Å². The molecule has 1 heterocycles. The Kier molecular flexibility index (Phi) is 7.33. The third-order valence-electron chi connectivity index (χ3n) is 3.76. The van der Waals surface area contributed by atoms with Crippen molar-refractivity contribution in [3.05, 3.63) is 57.8 Å². The van der Waals surface area contributed by atoms with Crippen LogP contribution in [0.15, 0.2) is 40.0 Å². The molecular weight excluding hydrogens is 342 g/mol. The zero-order chi connectivity index (χ0) is 18.2. The Morgan fingerprint density at radius 2 is 1.92 bits per heavy atom.